The van der Waals surface area contributed by atoms with Crippen molar-refractivity contribution in [2.24, 2.45) is 0 Å². The molecule has 0 saturated heterocycles. The molecule has 2 aromatic heterocycles. The molecular formula is C26H20BrN3OS2. The maximum absolute atomic E-state index is 12.9. The highest BCUT2D eigenvalue weighted by molar-refractivity contribution is 9.10. The van der Waals surface area contributed by atoms with Crippen LogP contribution in [-0.4, -0.2) is 15.8 Å². The number of rotatable bonds is 6. The Bertz CT molecular complexity index is 1390. The van der Waals surface area contributed by atoms with Crippen LogP contribution in [-0.2, 0) is 17.6 Å². The third-order valence-corrected chi connectivity index (χ3v) is 7.80. The van der Waals surface area contributed by atoms with Crippen molar-refractivity contribution in [1.82, 2.24) is 9.97 Å². The van der Waals surface area contributed by atoms with Crippen molar-refractivity contribution in [1.29, 1.82) is 0 Å². The van der Waals surface area contributed by atoms with Crippen molar-refractivity contribution in [2.75, 3.05) is 5.73 Å². The SMILES string of the molecule is Cc1ccc(-c2nc(CC(=O)Cc3ccc4nc(N)sc4c3)sc2-c2ccc(Br)cc2)cc1. The summed E-state index contributed by atoms with van der Waals surface area (Å²) in [7, 11) is 0. The Hall–Kier alpha value is -2.87. The van der Waals surface area contributed by atoms with E-state index < -0.39 is 0 Å². The number of benzene rings is 3. The van der Waals surface area contributed by atoms with Gasteiger partial charge in [0.1, 0.15) is 10.8 Å². The van der Waals surface area contributed by atoms with E-state index in [4.69, 9.17) is 10.7 Å². The van der Waals surface area contributed by atoms with Crippen LogP contribution in [0.3, 0.4) is 0 Å². The number of aryl methyl sites for hydroxylation is 1. The molecule has 0 atom stereocenters. The molecule has 0 spiro atoms. The van der Waals surface area contributed by atoms with Gasteiger partial charge in [0.2, 0.25) is 0 Å². The van der Waals surface area contributed by atoms with Gasteiger partial charge in [-0.2, -0.15) is 0 Å². The number of halogens is 1. The van der Waals surface area contributed by atoms with Gasteiger partial charge in [-0.1, -0.05) is 75.3 Å². The van der Waals surface area contributed by atoms with E-state index in [-0.39, 0.29) is 5.78 Å². The predicted molar refractivity (Wildman–Crippen MR) is 142 cm³/mol. The number of hydrogen-bond donors (Lipinski definition) is 1. The van der Waals surface area contributed by atoms with Crippen LogP contribution in [0.2, 0.25) is 0 Å². The minimum absolute atomic E-state index is 0.137. The Kier molecular flexibility index (Phi) is 6.10. The number of fused-ring (bicyclic) bond motifs is 1. The molecule has 33 heavy (non-hydrogen) atoms. The molecule has 0 amide bonds. The minimum atomic E-state index is 0.137. The average Bonchev–Trinajstić information content (AvgIpc) is 3.37. The summed E-state index contributed by atoms with van der Waals surface area (Å²) < 4.78 is 2.04. The lowest BCUT2D eigenvalue weighted by molar-refractivity contribution is -0.117. The molecule has 0 aliphatic carbocycles. The molecule has 0 aliphatic rings. The van der Waals surface area contributed by atoms with Crippen LogP contribution in [0.25, 0.3) is 31.9 Å². The molecule has 3 aromatic carbocycles. The first-order valence-electron chi connectivity index (χ1n) is 10.4. The van der Waals surface area contributed by atoms with Crippen molar-refractivity contribution in [3.05, 3.63) is 87.3 Å². The molecule has 5 rings (SSSR count). The first-order chi connectivity index (χ1) is 15.9. The molecule has 0 radical (unpaired) electrons. The lowest BCUT2D eigenvalue weighted by Crippen LogP contribution is -2.06. The number of carbonyl (C=O) groups is 1. The van der Waals surface area contributed by atoms with E-state index in [0.29, 0.717) is 18.0 Å². The molecule has 7 heteroatoms. The zero-order valence-electron chi connectivity index (χ0n) is 17.8. The molecule has 164 valence electrons. The molecular weight excluding hydrogens is 514 g/mol. The lowest BCUT2D eigenvalue weighted by Gasteiger charge is -2.04. The van der Waals surface area contributed by atoms with Crippen LogP contribution in [0.1, 0.15) is 16.1 Å². The Morgan fingerprint density at radius 3 is 2.39 bits per heavy atom. The number of carbonyl (C=O) groups excluding carboxylic acids is 1. The van der Waals surface area contributed by atoms with E-state index in [1.165, 1.54) is 16.9 Å². The molecule has 4 nitrogen and oxygen atoms in total. The number of nitrogens with two attached hydrogens (primary N) is 1. The molecule has 2 heterocycles. The highest BCUT2D eigenvalue weighted by Gasteiger charge is 2.17. The number of ketones is 1. The van der Waals surface area contributed by atoms with Gasteiger partial charge in [0.25, 0.3) is 0 Å². The fraction of sp³-hybridized carbons (Fsp3) is 0.115. The van der Waals surface area contributed by atoms with Gasteiger partial charge in [0.05, 0.1) is 27.2 Å². The van der Waals surface area contributed by atoms with Gasteiger partial charge in [-0.05, 0) is 42.3 Å². The summed E-state index contributed by atoms with van der Waals surface area (Å²) in [5.41, 5.74) is 11.9. The number of anilines is 1. The number of aromatic nitrogens is 2. The summed E-state index contributed by atoms with van der Waals surface area (Å²) in [6, 6.07) is 22.5. The third kappa shape index (κ3) is 4.90. The maximum Gasteiger partial charge on any atom is 0.181 e. The standard InChI is InChI=1S/C26H20BrN3OS2/c1-15-2-5-17(6-3-15)24-25(18-7-9-19(27)10-8-18)33-23(30-24)14-20(31)12-16-4-11-21-22(13-16)32-26(28)29-21/h2-11,13H,12,14H2,1H3,(H2,28,29). The monoisotopic (exact) mass is 533 g/mol. The normalized spacial score (nSPS) is 11.2. The van der Waals surface area contributed by atoms with Gasteiger partial charge in [-0.15, -0.1) is 11.3 Å². The third-order valence-electron chi connectivity index (χ3n) is 5.32. The van der Waals surface area contributed by atoms with E-state index in [0.717, 1.165) is 47.0 Å². The highest BCUT2D eigenvalue weighted by Crippen LogP contribution is 2.38. The first-order valence-corrected chi connectivity index (χ1v) is 12.9. The maximum atomic E-state index is 12.9. The van der Waals surface area contributed by atoms with Gasteiger partial charge < -0.3 is 5.73 Å². The van der Waals surface area contributed by atoms with Crippen LogP contribution in [0.15, 0.2) is 71.2 Å². The predicted octanol–water partition coefficient (Wildman–Crippen LogP) is 7.09. The minimum Gasteiger partial charge on any atom is -0.375 e. The molecule has 2 N–H and O–H groups in total. The first kappa shape index (κ1) is 21.9. The number of Topliss-reactive ketones (excluding diaryl/α,β-unsaturated/α-hetero) is 1. The zero-order valence-corrected chi connectivity index (χ0v) is 21.1. The molecule has 0 saturated carbocycles. The fourth-order valence-electron chi connectivity index (χ4n) is 3.70. The van der Waals surface area contributed by atoms with Gasteiger partial charge in [0, 0.05) is 16.5 Å². The summed E-state index contributed by atoms with van der Waals surface area (Å²) >= 11 is 6.54. The van der Waals surface area contributed by atoms with Gasteiger partial charge >= 0.3 is 0 Å². The molecule has 0 fully saturated rings. The summed E-state index contributed by atoms with van der Waals surface area (Å²) in [6.07, 6.45) is 0.670. The Labute approximate surface area is 208 Å². The largest absolute Gasteiger partial charge is 0.375 e. The van der Waals surface area contributed by atoms with Gasteiger partial charge in [-0.25, -0.2) is 9.97 Å². The van der Waals surface area contributed by atoms with Crippen LogP contribution < -0.4 is 5.73 Å². The number of nitrogen functional groups attached to an aromatic ring is 1. The van der Waals surface area contributed by atoms with E-state index >= 15 is 0 Å². The van der Waals surface area contributed by atoms with Crippen molar-refractivity contribution in [3.8, 4) is 21.7 Å². The quantitative estimate of drug-likeness (QED) is 0.253. The lowest BCUT2D eigenvalue weighted by atomic mass is 10.1. The summed E-state index contributed by atoms with van der Waals surface area (Å²) in [5, 5.41) is 1.37. The zero-order chi connectivity index (χ0) is 22.9. The molecule has 5 aromatic rings. The van der Waals surface area contributed by atoms with Crippen LogP contribution >= 0.6 is 38.6 Å². The van der Waals surface area contributed by atoms with Crippen molar-refractivity contribution >= 4 is 59.7 Å². The van der Waals surface area contributed by atoms with Crippen molar-refractivity contribution in [2.45, 2.75) is 19.8 Å². The second-order valence-electron chi connectivity index (χ2n) is 7.90. The van der Waals surface area contributed by atoms with E-state index in [9.17, 15) is 4.79 Å². The van der Waals surface area contributed by atoms with E-state index in [1.807, 2.05) is 30.3 Å². The molecule has 0 aliphatic heterocycles. The second-order valence-corrected chi connectivity index (χ2v) is 11.0. The topological polar surface area (TPSA) is 68.9 Å². The smallest absolute Gasteiger partial charge is 0.181 e. The summed E-state index contributed by atoms with van der Waals surface area (Å²) in [4.78, 5) is 23.2. The second kappa shape index (κ2) is 9.17. The molecule has 0 unspecified atom stereocenters. The Morgan fingerprint density at radius 2 is 1.64 bits per heavy atom. The Morgan fingerprint density at radius 1 is 0.909 bits per heavy atom. The number of hydrogen-bond acceptors (Lipinski definition) is 6. The fourth-order valence-corrected chi connectivity index (χ4v) is 5.88. The Balaban J connectivity index is 1.43. The molecule has 0 bridgehead atoms. The van der Waals surface area contributed by atoms with Gasteiger partial charge in [0.15, 0.2) is 5.13 Å². The number of nitrogens with zero attached hydrogens (tertiary/aromatic N) is 2. The van der Waals surface area contributed by atoms with E-state index in [1.54, 1.807) is 11.3 Å². The van der Waals surface area contributed by atoms with E-state index in [2.05, 4.69) is 64.2 Å². The van der Waals surface area contributed by atoms with Gasteiger partial charge in [-0.3, -0.25) is 4.79 Å². The van der Waals surface area contributed by atoms with Crippen LogP contribution in [0, 0.1) is 6.92 Å². The summed E-state index contributed by atoms with van der Waals surface area (Å²) in [6.45, 7) is 2.07. The number of thiazole rings is 2. The van der Waals surface area contributed by atoms with Crippen molar-refractivity contribution in [3.63, 3.8) is 0 Å². The van der Waals surface area contributed by atoms with Crippen molar-refractivity contribution < 1.29 is 4.79 Å². The van der Waals surface area contributed by atoms with Crippen LogP contribution in [0.5, 0.6) is 0 Å². The van der Waals surface area contributed by atoms with Crippen LogP contribution in [0.4, 0.5) is 5.13 Å². The summed E-state index contributed by atoms with van der Waals surface area (Å²) in [5.74, 6) is 0.137. The average molecular weight is 535 g/mol. The highest BCUT2D eigenvalue weighted by atomic mass is 79.9.